The van der Waals surface area contributed by atoms with Gasteiger partial charge in [-0.15, -0.1) is 0 Å². The lowest BCUT2D eigenvalue weighted by atomic mass is 10.0. The van der Waals surface area contributed by atoms with Gasteiger partial charge < -0.3 is 30.2 Å². The van der Waals surface area contributed by atoms with Crippen molar-refractivity contribution in [2.45, 2.75) is 45.4 Å². The predicted molar refractivity (Wildman–Crippen MR) is 137 cm³/mol. The molecule has 2 rings (SSSR count). The smallest absolute Gasteiger partial charge is 0.407 e. The van der Waals surface area contributed by atoms with E-state index in [2.05, 4.69) is 16.0 Å². The number of hydrogen-bond donors (Lipinski definition) is 3. The highest BCUT2D eigenvalue weighted by molar-refractivity contribution is 5.91. The van der Waals surface area contributed by atoms with E-state index in [1.807, 2.05) is 44.2 Å². The molecule has 0 aliphatic rings. The summed E-state index contributed by atoms with van der Waals surface area (Å²) in [4.78, 5) is 49.8. The Morgan fingerprint density at radius 2 is 1.51 bits per heavy atom. The van der Waals surface area contributed by atoms with Gasteiger partial charge in [-0.3, -0.25) is 9.59 Å². The van der Waals surface area contributed by atoms with Crippen molar-refractivity contribution >= 4 is 23.9 Å². The first-order valence-corrected chi connectivity index (χ1v) is 12.0. The van der Waals surface area contributed by atoms with E-state index in [-0.39, 0.29) is 25.5 Å². The number of alkyl carbamates (subject to hydrolysis) is 1. The Morgan fingerprint density at radius 1 is 0.838 bits per heavy atom. The topological polar surface area (TPSA) is 132 Å². The van der Waals surface area contributed by atoms with Crippen LogP contribution in [0, 0.1) is 5.92 Å². The van der Waals surface area contributed by atoms with Gasteiger partial charge in [-0.25, -0.2) is 9.59 Å². The number of carbonyl (C=O) groups is 4. The average Bonchev–Trinajstić information content (AvgIpc) is 2.90. The third kappa shape index (κ3) is 10.6. The van der Waals surface area contributed by atoms with Crippen LogP contribution in [-0.4, -0.2) is 56.7 Å². The molecule has 0 fully saturated rings. The standard InChI is InChI=1S/C27H35N3O7/c1-18(2)14-22(25(32)30-23(26(33)36-4)15-19-8-6-5-7-9-19)29-24(31)16-28-27(34)37-17-20-10-12-21(35-3)13-11-20/h5-13,18,22-23H,14-17H2,1-4H3,(H,28,34)(H,29,31)(H,30,32)/t22-,23-/m0/s1. The molecule has 3 amide bonds. The Morgan fingerprint density at radius 3 is 2.11 bits per heavy atom. The quantitative estimate of drug-likeness (QED) is 0.350. The first-order chi connectivity index (χ1) is 17.7. The number of benzene rings is 2. The second-order valence-electron chi connectivity index (χ2n) is 8.80. The van der Waals surface area contributed by atoms with Crippen LogP contribution in [0.5, 0.6) is 5.75 Å². The minimum Gasteiger partial charge on any atom is -0.497 e. The summed E-state index contributed by atoms with van der Waals surface area (Å²) in [5, 5.41) is 7.69. The number of rotatable bonds is 13. The van der Waals surface area contributed by atoms with Crippen LogP contribution in [0.15, 0.2) is 54.6 Å². The van der Waals surface area contributed by atoms with E-state index in [9.17, 15) is 19.2 Å². The summed E-state index contributed by atoms with van der Waals surface area (Å²) >= 11 is 0. The molecule has 0 saturated heterocycles. The van der Waals surface area contributed by atoms with E-state index in [0.717, 1.165) is 11.1 Å². The molecule has 2 aromatic carbocycles. The monoisotopic (exact) mass is 513 g/mol. The lowest BCUT2D eigenvalue weighted by Gasteiger charge is -2.23. The minimum absolute atomic E-state index is 0.0200. The van der Waals surface area contributed by atoms with Crippen LogP contribution in [0.2, 0.25) is 0 Å². The summed E-state index contributed by atoms with van der Waals surface area (Å²) in [6.07, 6.45) is -0.202. The fourth-order valence-corrected chi connectivity index (χ4v) is 3.48. The van der Waals surface area contributed by atoms with Crippen molar-refractivity contribution in [3.8, 4) is 5.75 Å². The van der Waals surface area contributed by atoms with Gasteiger partial charge in [0.1, 0.15) is 31.0 Å². The molecule has 0 saturated carbocycles. The normalized spacial score (nSPS) is 12.1. The maximum absolute atomic E-state index is 13.0. The minimum atomic E-state index is -0.919. The molecule has 0 unspecified atom stereocenters. The van der Waals surface area contributed by atoms with Gasteiger partial charge in [0.25, 0.3) is 0 Å². The van der Waals surface area contributed by atoms with E-state index >= 15 is 0 Å². The molecule has 0 radical (unpaired) electrons. The summed E-state index contributed by atoms with van der Waals surface area (Å²) < 4.78 is 15.0. The van der Waals surface area contributed by atoms with Crippen molar-refractivity contribution in [3.05, 3.63) is 65.7 Å². The molecule has 0 aliphatic carbocycles. The van der Waals surface area contributed by atoms with Gasteiger partial charge in [0.15, 0.2) is 0 Å². The zero-order chi connectivity index (χ0) is 27.2. The summed E-state index contributed by atoms with van der Waals surface area (Å²) in [5.74, 6) is -0.921. The van der Waals surface area contributed by atoms with Crippen molar-refractivity contribution in [3.63, 3.8) is 0 Å². The Balaban J connectivity index is 1.90. The van der Waals surface area contributed by atoms with Crippen LogP contribution in [0.4, 0.5) is 4.79 Å². The number of ether oxygens (including phenoxy) is 3. The zero-order valence-electron chi connectivity index (χ0n) is 21.6. The fourth-order valence-electron chi connectivity index (χ4n) is 3.48. The SMILES string of the molecule is COC(=O)[C@H](Cc1ccccc1)NC(=O)[C@H](CC(C)C)NC(=O)CNC(=O)OCc1ccc(OC)cc1. The van der Waals surface area contributed by atoms with Gasteiger partial charge >= 0.3 is 12.1 Å². The maximum atomic E-state index is 13.0. The zero-order valence-corrected chi connectivity index (χ0v) is 21.6. The molecule has 0 heterocycles. The largest absolute Gasteiger partial charge is 0.497 e. The van der Waals surface area contributed by atoms with Gasteiger partial charge in [-0.05, 0) is 35.6 Å². The van der Waals surface area contributed by atoms with E-state index in [1.54, 1.807) is 31.4 Å². The molecule has 0 aromatic heterocycles. The molecule has 2 atom stereocenters. The van der Waals surface area contributed by atoms with Crippen LogP contribution in [-0.2, 0) is 36.9 Å². The number of esters is 1. The van der Waals surface area contributed by atoms with Gasteiger partial charge in [-0.1, -0.05) is 56.3 Å². The van der Waals surface area contributed by atoms with E-state index < -0.39 is 36.0 Å². The van der Waals surface area contributed by atoms with Gasteiger partial charge in [0.05, 0.1) is 14.2 Å². The molecule has 2 aromatic rings. The summed E-state index contributed by atoms with van der Waals surface area (Å²) in [7, 11) is 2.81. The Labute approximate surface area is 217 Å². The molecule has 0 spiro atoms. The highest BCUT2D eigenvalue weighted by Gasteiger charge is 2.28. The van der Waals surface area contributed by atoms with Crippen molar-refractivity contribution in [1.29, 1.82) is 0 Å². The first kappa shape index (κ1) is 29.2. The number of amides is 3. The van der Waals surface area contributed by atoms with Crippen LogP contribution in [0.1, 0.15) is 31.4 Å². The Kier molecular flexibility index (Phi) is 11.9. The fraction of sp³-hybridized carbons (Fsp3) is 0.407. The van der Waals surface area contributed by atoms with Crippen molar-refractivity contribution < 1.29 is 33.4 Å². The van der Waals surface area contributed by atoms with Crippen molar-refractivity contribution in [2.24, 2.45) is 5.92 Å². The number of nitrogens with one attached hydrogen (secondary N) is 3. The highest BCUT2D eigenvalue weighted by atomic mass is 16.5. The van der Waals surface area contributed by atoms with Crippen LogP contribution >= 0.6 is 0 Å². The van der Waals surface area contributed by atoms with Crippen LogP contribution in [0.3, 0.4) is 0 Å². The first-order valence-electron chi connectivity index (χ1n) is 12.0. The lowest BCUT2D eigenvalue weighted by Crippen LogP contribution is -2.54. The molecule has 3 N–H and O–H groups in total. The van der Waals surface area contributed by atoms with Gasteiger partial charge in [-0.2, -0.15) is 0 Å². The molecule has 200 valence electrons. The Hall–Kier alpha value is -4.08. The van der Waals surface area contributed by atoms with Crippen LogP contribution in [0.25, 0.3) is 0 Å². The van der Waals surface area contributed by atoms with E-state index in [0.29, 0.717) is 12.2 Å². The summed E-state index contributed by atoms with van der Waals surface area (Å²) in [6.45, 7) is 3.45. The molecule has 10 heteroatoms. The Bertz CT molecular complexity index is 1030. The lowest BCUT2D eigenvalue weighted by molar-refractivity contribution is -0.145. The second kappa shape index (κ2) is 15.1. The average molecular weight is 514 g/mol. The summed E-state index contributed by atoms with van der Waals surface area (Å²) in [6, 6.07) is 14.4. The van der Waals surface area contributed by atoms with Crippen molar-refractivity contribution in [2.75, 3.05) is 20.8 Å². The molecular weight excluding hydrogens is 478 g/mol. The van der Waals surface area contributed by atoms with E-state index in [1.165, 1.54) is 7.11 Å². The van der Waals surface area contributed by atoms with Gasteiger partial charge in [0.2, 0.25) is 11.8 Å². The summed E-state index contributed by atoms with van der Waals surface area (Å²) in [5.41, 5.74) is 1.60. The van der Waals surface area contributed by atoms with Crippen molar-refractivity contribution in [1.82, 2.24) is 16.0 Å². The molecule has 37 heavy (non-hydrogen) atoms. The molecular formula is C27H35N3O7. The molecule has 0 bridgehead atoms. The number of hydrogen-bond acceptors (Lipinski definition) is 7. The maximum Gasteiger partial charge on any atom is 0.407 e. The third-order valence-corrected chi connectivity index (χ3v) is 5.37. The molecule has 0 aliphatic heterocycles. The third-order valence-electron chi connectivity index (χ3n) is 5.37. The molecule has 10 nitrogen and oxygen atoms in total. The van der Waals surface area contributed by atoms with E-state index in [4.69, 9.17) is 14.2 Å². The second-order valence-corrected chi connectivity index (χ2v) is 8.80. The number of methoxy groups -OCH3 is 2. The van der Waals surface area contributed by atoms with Gasteiger partial charge in [0, 0.05) is 6.42 Å². The highest BCUT2D eigenvalue weighted by Crippen LogP contribution is 2.12. The number of carbonyl (C=O) groups excluding carboxylic acids is 4. The van der Waals surface area contributed by atoms with Crippen LogP contribution < -0.4 is 20.7 Å². The predicted octanol–water partition coefficient (Wildman–Crippen LogP) is 2.35.